The second-order valence-corrected chi connectivity index (χ2v) is 10.5. The molecular formula is C30H34ClFN6O5. The van der Waals surface area contributed by atoms with Gasteiger partial charge in [-0.1, -0.05) is 11.6 Å². The molecule has 13 heteroatoms. The van der Waals surface area contributed by atoms with Crippen LogP contribution >= 0.6 is 11.6 Å². The average molecular weight is 613 g/mol. The molecule has 3 aromatic rings. The van der Waals surface area contributed by atoms with E-state index in [1.807, 2.05) is 0 Å². The molecule has 0 radical (unpaired) electrons. The lowest BCUT2D eigenvalue weighted by atomic mass is 10.1. The van der Waals surface area contributed by atoms with E-state index in [0.29, 0.717) is 72.5 Å². The van der Waals surface area contributed by atoms with Gasteiger partial charge in [-0.05, 0) is 63.4 Å². The number of esters is 1. The zero-order valence-electron chi connectivity index (χ0n) is 24.0. The molecule has 0 bridgehead atoms. The van der Waals surface area contributed by atoms with Crippen molar-refractivity contribution in [1.29, 1.82) is 0 Å². The number of hydrogen-bond donors (Lipinski definition) is 3. The highest BCUT2D eigenvalue weighted by molar-refractivity contribution is 6.31. The number of rotatable bonds is 15. The van der Waals surface area contributed by atoms with Crippen molar-refractivity contribution in [2.45, 2.75) is 26.2 Å². The smallest absolute Gasteiger partial charge is 0.320 e. The molecular weight excluding hydrogens is 579 g/mol. The highest BCUT2D eigenvalue weighted by Crippen LogP contribution is 2.36. The summed E-state index contributed by atoms with van der Waals surface area (Å²) in [5.41, 5.74) is 1.46. The monoisotopic (exact) mass is 612 g/mol. The molecule has 4 rings (SSSR count). The molecule has 1 saturated carbocycles. The van der Waals surface area contributed by atoms with Gasteiger partial charge in [0.1, 0.15) is 23.7 Å². The summed E-state index contributed by atoms with van der Waals surface area (Å²) in [6.07, 6.45) is 6.47. The molecule has 0 saturated heterocycles. The quantitative estimate of drug-likeness (QED) is 0.129. The van der Waals surface area contributed by atoms with Gasteiger partial charge in [0.25, 0.3) is 0 Å². The Labute approximate surface area is 253 Å². The van der Waals surface area contributed by atoms with Crippen LogP contribution < -0.4 is 20.7 Å². The summed E-state index contributed by atoms with van der Waals surface area (Å²) in [4.78, 5) is 47.0. The van der Waals surface area contributed by atoms with Crippen LogP contribution in [-0.4, -0.2) is 72.5 Å². The minimum Gasteiger partial charge on any atom is -0.491 e. The zero-order valence-corrected chi connectivity index (χ0v) is 24.7. The van der Waals surface area contributed by atoms with Crippen molar-refractivity contribution in [2.75, 3.05) is 50.5 Å². The number of likely N-dealkylation sites (N-methyl/N-ethyl adjacent to an activating group) is 1. The minimum absolute atomic E-state index is 0.0377. The molecule has 1 aliphatic carbocycles. The molecule has 2 amide bonds. The Morgan fingerprint density at radius 1 is 1.14 bits per heavy atom. The number of halogens is 2. The minimum atomic E-state index is -0.539. The summed E-state index contributed by atoms with van der Waals surface area (Å²) >= 11 is 5.93. The number of carbonyl (C=O) groups is 3. The molecule has 11 nitrogen and oxygen atoms in total. The molecule has 1 heterocycles. The summed E-state index contributed by atoms with van der Waals surface area (Å²) < 4.78 is 24.6. The van der Waals surface area contributed by atoms with Crippen LogP contribution in [0, 0.1) is 11.7 Å². The fourth-order valence-corrected chi connectivity index (χ4v) is 4.24. The lowest BCUT2D eigenvalue weighted by Crippen LogP contribution is -2.31. The Bertz CT molecular complexity index is 1500. The predicted octanol–water partition coefficient (Wildman–Crippen LogP) is 4.45. The third-order valence-corrected chi connectivity index (χ3v) is 6.74. The number of carbonyl (C=O) groups excluding carboxylic acids is 3. The third-order valence-electron chi connectivity index (χ3n) is 6.45. The number of hydrogen-bond acceptors (Lipinski definition) is 9. The van der Waals surface area contributed by atoms with E-state index in [-0.39, 0.29) is 17.5 Å². The largest absolute Gasteiger partial charge is 0.491 e. The molecule has 228 valence electrons. The van der Waals surface area contributed by atoms with Crippen molar-refractivity contribution < 1.29 is 28.2 Å². The number of nitrogens with zero attached hydrogens (tertiary/aromatic N) is 3. The van der Waals surface area contributed by atoms with E-state index in [2.05, 4.69) is 25.9 Å². The maximum absolute atomic E-state index is 13.6. The van der Waals surface area contributed by atoms with Gasteiger partial charge in [-0.15, -0.1) is 0 Å². The van der Waals surface area contributed by atoms with Gasteiger partial charge in [0.15, 0.2) is 0 Å². The number of fused-ring (bicyclic) bond motifs is 1. The van der Waals surface area contributed by atoms with E-state index in [1.54, 1.807) is 31.0 Å². The second-order valence-electron chi connectivity index (χ2n) is 10.1. The number of benzene rings is 2. The summed E-state index contributed by atoms with van der Waals surface area (Å²) in [6.45, 7) is 3.72. The van der Waals surface area contributed by atoms with Crippen LogP contribution in [-0.2, 0) is 19.1 Å². The Hall–Kier alpha value is -4.29. The third kappa shape index (κ3) is 9.90. The SMILES string of the molecule is CCOC(=O)CN(C)CCCNC(=O)C=CC(=O)Nc1cc2c(Nc3ccc(F)c(Cl)c3)ncnc2cc1OCC1CC1. The molecule has 0 spiro atoms. The van der Waals surface area contributed by atoms with Gasteiger partial charge in [0.2, 0.25) is 11.8 Å². The molecule has 1 aliphatic rings. The lowest BCUT2D eigenvalue weighted by molar-refractivity contribution is -0.144. The standard InChI is InChI=1S/C30H34ClFN6O5/c1-3-42-29(41)16-38(2)12-4-11-33-27(39)9-10-28(40)37-25-14-21-24(15-26(25)43-17-19-5-6-19)34-18-35-30(21)36-20-7-8-23(32)22(31)13-20/h7-10,13-15,18-19H,3-6,11-12,16-17H2,1-2H3,(H,33,39)(H,37,40)(H,34,35,36). The van der Waals surface area contributed by atoms with E-state index in [9.17, 15) is 18.8 Å². The number of anilines is 3. The molecule has 2 aromatic carbocycles. The van der Waals surface area contributed by atoms with Gasteiger partial charge in [-0.25, -0.2) is 14.4 Å². The summed E-state index contributed by atoms with van der Waals surface area (Å²) in [6, 6.07) is 7.62. The van der Waals surface area contributed by atoms with Crippen molar-refractivity contribution in [3.63, 3.8) is 0 Å². The van der Waals surface area contributed by atoms with Crippen LogP contribution in [0.25, 0.3) is 10.9 Å². The van der Waals surface area contributed by atoms with Crippen molar-refractivity contribution in [1.82, 2.24) is 20.2 Å². The number of aromatic nitrogens is 2. The van der Waals surface area contributed by atoms with Crippen molar-refractivity contribution in [3.05, 3.63) is 59.7 Å². The highest BCUT2D eigenvalue weighted by Gasteiger charge is 2.23. The van der Waals surface area contributed by atoms with Gasteiger partial charge in [0, 0.05) is 42.4 Å². The van der Waals surface area contributed by atoms with E-state index in [4.69, 9.17) is 21.1 Å². The van der Waals surface area contributed by atoms with Crippen LogP contribution in [0.4, 0.5) is 21.6 Å². The number of ether oxygens (including phenoxy) is 2. The molecule has 1 aromatic heterocycles. The fourth-order valence-electron chi connectivity index (χ4n) is 4.05. The first-order valence-electron chi connectivity index (χ1n) is 14.0. The average Bonchev–Trinajstić information content (AvgIpc) is 3.80. The van der Waals surface area contributed by atoms with E-state index in [1.165, 1.54) is 24.5 Å². The van der Waals surface area contributed by atoms with Crippen LogP contribution in [0.2, 0.25) is 5.02 Å². The lowest BCUT2D eigenvalue weighted by Gasteiger charge is -2.15. The topological polar surface area (TPSA) is 135 Å². The molecule has 0 aliphatic heterocycles. The molecule has 3 N–H and O–H groups in total. The van der Waals surface area contributed by atoms with E-state index >= 15 is 0 Å². The first-order chi connectivity index (χ1) is 20.7. The van der Waals surface area contributed by atoms with Gasteiger partial charge in [0.05, 0.1) is 36.0 Å². The van der Waals surface area contributed by atoms with Gasteiger partial charge in [-0.3, -0.25) is 19.3 Å². The predicted molar refractivity (Wildman–Crippen MR) is 162 cm³/mol. The summed E-state index contributed by atoms with van der Waals surface area (Å²) in [5, 5.41) is 9.15. The van der Waals surface area contributed by atoms with Crippen LogP contribution in [0.1, 0.15) is 26.2 Å². The van der Waals surface area contributed by atoms with Gasteiger partial charge >= 0.3 is 5.97 Å². The summed E-state index contributed by atoms with van der Waals surface area (Å²) in [5.74, 6) is -0.470. The van der Waals surface area contributed by atoms with Crippen molar-refractivity contribution in [3.8, 4) is 5.75 Å². The Morgan fingerprint density at radius 3 is 2.67 bits per heavy atom. The molecule has 0 atom stereocenters. The van der Waals surface area contributed by atoms with E-state index < -0.39 is 17.6 Å². The van der Waals surface area contributed by atoms with Crippen LogP contribution in [0.15, 0.2) is 48.8 Å². The highest BCUT2D eigenvalue weighted by atomic mass is 35.5. The van der Waals surface area contributed by atoms with Gasteiger partial charge in [-0.2, -0.15) is 0 Å². The molecule has 0 unspecified atom stereocenters. The molecule has 43 heavy (non-hydrogen) atoms. The van der Waals surface area contributed by atoms with Crippen molar-refractivity contribution >= 4 is 57.5 Å². The fraction of sp³-hybridized carbons (Fsp3) is 0.367. The summed E-state index contributed by atoms with van der Waals surface area (Å²) in [7, 11) is 1.79. The van der Waals surface area contributed by atoms with Crippen molar-refractivity contribution in [2.24, 2.45) is 5.92 Å². The first-order valence-corrected chi connectivity index (χ1v) is 14.3. The normalized spacial score (nSPS) is 12.9. The maximum atomic E-state index is 13.6. The van der Waals surface area contributed by atoms with Crippen LogP contribution in [0.5, 0.6) is 5.75 Å². The Kier molecular flexibility index (Phi) is 11.2. The number of nitrogens with one attached hydrogen (secondary N) is 3. The first kappa shape index (κ1) is 31.6. The Balaban J connectivity index is 1.40. The van der Waals surface area contributed by atoms with Crippen LogP contribution in [0.3, 0.4) is 0 Å². The molecule has 1 fully saturated rings. The van der Waals surface area contributed by atoms with E-state index in [0.717, 1.165) is 25.0 Å². The zero-order chi connectivity index (χ0) is 30.8. The van der Waals surface area contributed by atoms with Gasteiger partial charge < -0.3 is 25.4 Å². The second kappa shape index (κ2) is 15.3. The Morgan fingerprint density at radius 2 is 1.93 bits per heavy atom. The number of amides is 2. The maximum Gasteiger partial charge on any atom is 0.320 e.